The van der Waals surface area contributed by atoms with Gasteiger partial charge in [0.2, 0.25) is 0 Å². The molecule has 1 N–H and O–H groups in total. The molecule has 0 aliphatic rings. The van der Waals surface area contributed by atoms with Gasteiger partial charge in [-0.1, -0.05) is 46.3 Å². The molecular formula is C13H14BrN3O. The van der Waals surface area contributed by atoms with Crippen molar-refractivity contribution in [1.29, 1.82) is 0 Å². The molecule has 2 aromatic rings. The molecular weight excluding hydrogens is 294 g/mol. The molecule has 0 saturated heterocycles. The van der Waals surface area contributed by atoms with Gasteiger partial charge in [-0.25, -0.2) is 0 Å². The number of aryl methyl sites for hydroxylation is 1. The molecule has 2 rings (SSSR count). The lowest BCUT2D eigenvalue weighted by atomic mass is 10.1. The molecule has 0 fully saturated rings. The molecule has 1 unspecified atom stereocenters. The van der Waals surface area contributed by atoms with Crippen LogP contribution in [0.25, 0.3) is 0 Å². The van der Waals surface area contributed by atoms with Crippen LogP contribution in [0.2, 0.25) is 0 Å². The molecule has 1 amide bonds. The fraction of sp³-hybridized carbons (Fsp3) is 0.231. The number of aromatic nitrogens is 2. The van der Waals surface area contributed by atoms with E-state index in [0.717, 1.165) is 5.56 Å². The first kappa shape index (κ1) is 12.8. The van der Waals surface area contributed by atoms with Gasteiger partial charge in [-0.2, -0.15) is 5.10 Å². The van der Waals surface area contributed by atoms with Crippen LogP contribution in [0.15, 0.2) is 42.6 Å². The van der Waals surface area contributed by atoms with Crippen LogP contribution in [0.3, 0.4) is 0 Å². The number of carbonyl (C=O) groups excluding carboxylic acids is 1. The zero-order chi connectivity index (χ0) is 13.0. The van der Waals surface area contributed by atoms with Gasteiger partial charge in [-0.3, -0.25) is 9.48 Å². The second-order valence-electron chi connectivity index (χ2n) is 3.97. The number of hydrogen-bond acceptors (Lipinski definition) is 2. The molecule has 1 aromatic heterocycles. The van der Waals surface area contributed by atoms with E-state index in [1.807, 2.05) is 30.3 Å². The van der Waals surface area contributed by atoms with Crippen LogP contribution in [0.5, 0.6) is 0 Å². The Labute approximate surface area is 114 Å². The van der Waals surface area contributed by atoms with Gasteiger partial charge in [-0.05, 0) is 11.6 Å². The molecule has 94 valence electrons. The molecule has 18 heavy (non-hydrogen) atoms. The Kier molecular flexibility index (Phi) is 4.15. The summed E-state index contributed by atoms with van der Waals surface area (Å²) in [6.07, 6.45) is 1.75. The van der Waals surface area contributed by atoms with Crippen LogP contribution < -0.4 is 5.32 Å². The Morgan fingerprint density at radius 1 is 1.39 bits per heavy atom. The van der Waals surface area contributed by atoms with Crippen LogP contribution in [-0.2, 0) is 7.05 Å². The molecule has 1 atom stereocenters. The summed E-state index contributed by atoms with van der Waals surface area (Å²) in [6, 6.07) is 11.5. The predicted octanol–water partition coefficient (Wildman–Crippen LogP) is 2.29. The fourth-order valence-electron chi connectivity index (χ4n) is 1.66. The molecule has 1 heterocycles. The largest absolute Gasteiger partial charge is 0.343 e. The standard InChI is InChI=1S/C13H14BrN3O/c1-17-8-7-11(16-17)13(18)15-12(9-14)10-5-3-2-4-6-10/h2-8,12H,9H2,1H3,(H,15,18). The minimum absolute atomic E-state index is 0.0549. The van der Waals surface area contributed by atoms with Crippen molar-refractivity contribution in [3.05, 3.63) is 53.9 Å². The van der Waals surface area contributed by atoms with E-state index in [-0.39, 0.29) is 11.9 Å². The van der Waals surface area contributed by atoms with E-state index >= 15 is 0 Å². The number of nitrogens with one attached hydrogen (secondary N) is 1. The molecule has 1 aromatic carbocycles. The quantitative estimate of drug-likeness (QED) is 0.881. The van der Waals surface area contributed by atoms with Crippen molar-refractivity contribution in [3.63, 3.8) is 0 Å². The number of nitrogens with zero attached hydrogens (tertiary/aromatic N) is 2. The molecule has 0 radical (unpaired) electrons. The molecule has 5 heteroatoms. The van der Waals surface area contributed by atoms with Crippen molar-refractivity contribution in [2.45, 2.75) is 6.04 Å². The van der Waals surface area contributed by atoms with E-state index in [9.17, 15) is 4.79 Å². The number of benzene rings is 1. The van der Waals surface area contributed by atoms with Crippen LogP contribution in [-0.4, -0.2) is 21.0 Å². The Balaban J connectivity index is 2.10. The highest BCUT2D eigenvalue weighted by Crippen LogP contribution is 2.15. The number of rotatable bonds is 4. The van der Waals surface area contributed by atoms with Gasteiger partial charge in [-0.15, -0.1) is 0 Å². The summed E-state index contributed by atoms with van der Waals surface area (Å²) in [7, 11) is 1.79. The highest BCUT2D eigenvalue weighted by atomic mass is 79.9. The molecule has 0 saturated carbocycles. The van der Waals surface area contributed by atoms with Gasteiger partial charge >= 0.3 is 0 Å². The Morgan fingerprint density at radius 3 is 2.67 bits per heavy atom. The molecule has 4 nitrogen and oxygen atoms in total. The zero-order valence-electron chi connectivity index (χ0n) is 10.0. The zero-order valence-corrected chi connectivity index (χ0v) is 11.6. The van der Waals surface area contributed by atoms with Gasteiger partial charge in [0.1, 0.15) is 5.69 Å². The first-order chi connectivity index (χ1) is 8.70. The summed E-state index contributed by atoms with van der Waals surface area (Å²) in [5.74, 6) is -0.163. The number of hydrogen-bond donors (Lipinski definition) is 1. The maximum Gasteiger partial charge on any atom is 0.272 e. The molecule has 0 spiro atoms. The highest BCUT2D eigenvalue weighted by Gasteiger charge is 2.15. The van der Waals surface area contributed by atoms with Crippen molar-refractivity contribution in [1.82, 2.24) is 15.1 Å². The number of carbonyl (C=O) groups is 1. The van der Waals surface area contributed by atoms with Crippen LogP contribution in [0.1, 0.15) is 22.1 Å². The number of amides is 1. The van der Waals surface area contributed by atoms with Gasteiger partial charge in [0, 0.05) is 18.6 Å². The van der Waals surface area contributed by atoms with E-state index < -0.39 is 0 Å². The summed E-state index contributed by atoms with van der Waals surface area (Å²) < 4.78 is 1.61. The third-order valence-electron chi connectivity index (χ3n) is 2.61. The average Bonchev–Trinajstić information content (AvgIpc) is 2.83. The van der Waals surface area contributed by atoms with E-state index in [2.05, 4.69) is 26.3 Å². The smallest absolute Gasteiger partial charge is 0.272 e. The van der Waals surface area contributed by atoms with Gasteiger partial charge in [0.05, 0.1) is 6.04 Å². The van der Waals surface area contributed by atoms with E-state index in [1.165, 1.54) is 0 Å². The minimum Gasteiger partial charge on any atom is -0.343 e. The second kappa shape index (κ2) is 5.82. The number of halogens is 1. The Bertz CT molecular complexity index is 524. The van der Waals surface area contributed by atoms with Crippen molar-refractivity contribution in [3.8, 4) is 0 Å². The minimum atomic E-state index is -0.163. The van der Waals surface area contributed by atoms with Crippen molar-refractivity contribution in [2.24, 2.45) is 7.05 Å². The first-order valence-corrected chi connectivity index (χ1v) is 6.74. The van der Waals surface area contributed by atoms with Crippen LogP contribution in [0.4, 0.5) is 0 Å². The predicted molar refractivity (Wildman–Crippen MR) is 73.7 cm³/mol. The lowest BCUT2D eigenvalue weighted by Gasteiger charge is -2.15. The van der Waals surface area contributed by atoms with Gasteiger partial charge in [0.15, 0.2) is 0 Å². The monoisotopic (exact) mass is 307 g/mol. The summed E-state index contributed by atoms with van der Waals surface area (Å²) in [5, 5.41) is 7.69. The molecule has 0 aliphatic carbocycles. The summed E-state index contributed by atoms with van der Waals surface area (Å²) in [6.45, 7) is 0. The van der Waals surface area contributed by atoms with E-state index in [0.29, 0.717) is 11.0 Å². The highest BCUT2D eigenvalue weighted by molar-refractivity contribution is 9.09. The van der Waals surface area contributed by atoms with Crippen molar-refractivity contribution in [2.75, 3.05) is 5.33 Å². The van der Waals surface area contributed by atoms with Crippen LogP contribution >= 0.6 is 15.9 Å². The summed E-state index contributed by atoms with van der Waals surface area (Å²) >= 11 is 3.42. The van der Waals surface area contributed by atoms with E-state index in [4.69, 9.17) is 0 Å². The van der Waals surface area contributed by atoms with Crippen molar-refractivity contribution < 1.29 is 4.79 Å². The third-order valence-corrected chi connectivity index (χ3v) is 3.26. The van der Waals surface area contributed by atoms with Gasteiger partial charge in [0.25, 0.3) is 5.91 Å². The van der Waals surface area contributed by atoms with Gasteiger partial charge < -0.3 is 5.32 Å². The topological polar surface area (TPSA) is 46.9 Å². The fourth-order valence-corrected chi connectivity index (χ4v) is 2.20. The maximum atomic E-state index is 12.0. The van der Waals surface area contributed by atoms with E-state index in [1.54, 1.807) is 24.0 Å². The molecule has 0 aliphatic heterocycles. The maximum absolute atomic E-state index is 12.0. The normalized spacial score (nSPS) is 12.1. The lowest BCUT2D eigenvalue weighted by Crippen LogP contribution is -2.29. The number of alkyl halides is 1. The Hall–Kier alpha value is -1.62. The van der Waals surface area contributed by atoms with Crippen LogP contribution in [0, 0.1) is 0 Å². The first-order valence-electron chi connectivity index (χ1n) is 5.62. The van der Waals surface area contributed by atoms with Crippen molar-refractivity contribution >= 4 is 21.8 Å². The second-order valence-corrected chi connectivity index (χ2v) is 4.61. The lowest BCUT2D eigenvalue weighted by molar-refractivity contribution is 0.0935. The summed E-state index contributed by atoms with van der Waals surface area (Å²) in [4.78, 5) is 12.0. The third kappa shape index (κ3) is 2.98. The Morgan fingerprint density at radius 2 is 2.11 bits per heavy atom. The summed E-state index contributed by atoms with van der Waals surface area (Å²) in [5.41, 5.74) is 1.50. The average molecular weight is 308 g/mol. The molecule has 0 bridgehead atoms. The SMILES string of the molecule is Cn1ccc(C(=O)NC(CBr)c2ccccc2)n1.